The van der Waals surface area contributed by atoms with E-state index in [1.807, 2.05) is 13.8 Å². The van der Waals surface area contributed by atoms with Gasteiger partial charge in [-0.1, -0.05) is 0 Å². The summed E-state index contributed by atoms with van der Waals surface area (Å²) in [7, 11) is 0. The molecule has 0 radical (unpaired) electrons. The molecule has 0 bridgehead atoms. The van der Waals surface area contributed by atoms with Gasteiger partial charge < -0.3 is 14.3 Å². The first-order valence-corrected chi connectivity index (χ1v) is 6.22. The van der Waals surface area contributed by atoms with Crippen molar-refractivity contribution in [2.75, 3.05) is 13.2 Å². The normalized spacial score (nSPS) is 19.7. The third-order valence-corrected chi connectivity index (χ3v) is 2.91. The van der Waals surface area contributed by atoms with Crippen molar-refractivity contribution in [3.63, 3.8) is 0 Å². The van der Waals surface area contributed by atoms with E-state index < -0.39 is 5.79 Å². The van der Waals surface area contributed by atoms with Crippen LogP contribution >= 0.6 is 11.6 Å². The van der Waals surface area contributed by atoms with E-state index in [1.54, 1.807) is 6.20 Å². The third kappa shape index (κ3) is 2.63. The van der Waals surface area contributed by atoms with E-state index in [0.29, 0.717) is 24.4 Å². The quantitative estimate of drug-likeness (QED) is 0.768. The fourth-order valence-corrected chi connectivity index (χ4v) is 1.87. The van der Waals surface area contributed by atoms with Gasteiger partial charge in [0, 0.05) is 0 Å². The molecule has 19 heavy (non-hydrogen) atoms. The second-order valence-corrected chi connectivity index (χ2v) is 5.01. The molecule has 0 aromatic carbocycles. The third-order valence-electron chi connectivity index (χ3n) is 2.73. The van der Waals surface area contributed by atoms with Gasteiger partial charge in [0.15, 0.2) is 17.5 Å². The molecule has 102 valence electrons. The highest BCUT2D eigenvalue weighted by Gasteiger charge is 2.30. The molecule has 3 rings (SSSR count). The molecule has 0 saturated carbocycles. The summed E-state index contributed by atoms with van der Waals surface area (Å²) in [5.74, 6) is -0.567. The molecular weight excluding hydrogens is 272 g/mol. The highest BCUT2D eigenvalue weighted by Crippen LogP contribution is 2.18. The molecule has 8 heteroatoms. The molecule has 2 aromatic heterocycles. The van der Waals surface area contributed by atoms with Crippen LogP contribution in [0.3, 0.4) is 0 Å². The maximum Gasteiger partial charge on any atom is 0.224 e. The summed E-state index contributed by atoms with van der Waals surface area (Å²) >= 11 is 5.76. The molecule has 1 aliphatic heterocycles. The molecule has 0 unspecified atom stereocenters. The summed E-state index contributed by atoms with van der Waals surface area (Å²) in [5.41, 5.74) is 1.13. The van der Waals surface area contributed by atoms with Crippen LogP contribution in [0.2, 0.25) is 5.28 Å². The number of aromatic nitrogens is 4. The first-order valence-electron chi connectivity index (χ1n) is 5.84. The van der Waals surface area contributed by atoms with Gasteiger partial charge in [0.2, 0.25) is 5.28 Å². The SMILES string of the molecule is CC1(C)OCC(On2cnc3cnc(Cl)nc32)CO1. The van der Waals surface area contributed by atoms with Gasteiger partial charge >= 0.3 is 0 Å². The van der Waals surface area contributed by atoms with Gasteiger partial charge in [-0.25, -0.2) is 9.97 Å². The number of hydrogen-bond donors (Lipinski definition) is 0. The summed E-state index contributed by atoms with van der Waals surface area (Å²) in [6, 6.07) is 0. The van der Waals surface area contributed by atoms with E-state index >= 15 is 0 Å². The molecular formula is C11H13ClN4O3. The Morgan fingerprint density at radius 1 is 1.37 bits per heavy atom. The number of hydrogen-bond acceptors (Lipinski definition) is 6. The Morgan fingerprint density at radius 2 is 2.11 bits per heavy atom. The summed E-state index contributed by atoms with van der Waals surface area (Å²) in [4.78, 5) is 17.8. The molecule has 0 N–H and O–H groups in total. The van der Waals surface area contributed by atoms with Gasteiger partial charge in [0.1, 0.15) is 11.8 Å². The molecule has 0 atom stereocenters. The van der Waals surface area contributed by atoms with E-state index in [1.165, 1.54) is 11.1 Å². The molecule has 0 spiro atoms. The Labute approximate surface area is 114 Å². The number of imidazole rings is 1. The highest BCUT2D eigenvalue weighted by molar-refractivity contribution is 6.28. The van der Waals surface area contributed by atoms with E-state index in [9.17, 15) is 0 Å². The standard InChI is InChI=1S/C11H13ClN4O3/c1-11(2)17-4-7(5-18-11)19-16-6-14-8-3-13-10(12)15-9(8)16/h3,6-7H,4-5H2,1-2H3. The van der Waals surface area contributed by atoms with E-state index in [4.69, 9.17) is 25.9 Å². The maximum atomic E-state index is 5.76. The topological polar surface area (TPSA) is 71.3 Å². The van der Waals surface area contributed by atoms with E-state index in [2.05, 4.69) is 15.0 Å². The minimum absolute atomic E-state index is 0.148. The first-order chi connectivity index (χ1) is 9.03. The van der Waals surface area contributed by atoms with Crippen LogP contribution in [0.1, 0.15) is 13.8 Å². The van der Waals surface area contributed by atoms with Gasteiger partial charge in [-0.2, -0.15) is 9.71 Å². The average Bonchev–Trinajstić information content (AvgIpc) is 2.75. The second-order valence-electron chi connectivity index (χ2n) is 4.67. The molecule has 1 fully saturated rings. The summed E-state index contributed by atoms with van der Waals surface area (Å²) in [6.07, 6.45) is 2.84. The second kappa shape index (κ2) is 4.59. The van der Waals surface area contributed by atoms with Crippen molar-refractivity contribution in [1.82, 2.24) is 19.7 Å². The van der Waals surface area contributed by atoms with E-state index in [0.717, 1.165) is 0 Å². The average molecular weight is 285 g/mol. The van der Waals surface area contributed by atoms with Crippen molar-refractivity contribution >= 4 is 22.8 Å². The molecule has 0 amide bonds. The Hall–Kier alpha value is -1.44. The fraction of sp³-hybridized carbons (Fsp3) is 0.545. The maximum absolute atomic E-state index is 5.76. The van der Waals surface area contributed by atoms with Crippen molar-refractivity contribution in [2.24, 2.45) is 0 Å². The summed E-state index contributed by atoms with van der Waals surface area (Å²) < 4.78 is 12.5. The number of nitrogens with zero attached hydrogens (tertiary/aromatic N) is 4. The molecule has 1 saturated heterocycles. The number of rotatable bonds is 2. The van der Waals surface area contributed by atoms with Crippen LogP contribution in [-0.4, -0.2) is 44.8 Å². The molecule has 7 nitrogen and oxygen atoms in total. The molecule has 1 aliphatic rings. The lowest BCUT2D eigenvalue weighted by molar-refractivity contribution is -0.278. The van der Waals surface area contributed by atoms with Crippen LogP contribution in [0.5, 0.6) is 0 Å². The lowest BCUT2D eigenvalue weighted by Gasteiger charge is -2.34. The van der Waals surface area contributed by atoms with Gasteiger partial charge in [-0.15, -0.1) is 0 Å². The van der Waals surface area contributed by atoms with Gasteiger partial charge in [0.05, 0.1) is 19.4 Å². The predicted octanol–water partition coefficient (Wildman–Crippen LogP) is 1.06. The Bertz CT molecular complexity index is 591. The highest BCUT2D eigenvalue weighted by atomic mass is 35.5. The fourth-order valence-electron chi connectivity index (χ4n) is 1.74. The van der Waals surface area contributed by atoms with Crippen LogP contribution in [0.4, 0.5) is 0 Å². The Morgan fingerprint density at radius 3 is 2.84 bits per heavy atom. The number of ether oxygens (including phenoxy) is 2. The van der Waals surface area contributed by atoms with Gasteiger partial charge in [-0.05, 0) is 25.4 Å². The molecule has 2 aromatic rings. The van der Waals surface area contributed by atoms with Crippen LogP contribution in [0, 0.1) is 0 Å². The minimum atomic E-state index is -0.567. The van der Waals surface area contributed by atoms with Gasteiger partial charge in [-0.3, -0.25) is 0 Å². The van der Waals surface area contributed by atoms with Crippen LogP contribution in [0.15, 0.2) is 12.5 Å². The van der Waals surface area contributed by atoms with Gasteiger partial charge in [0.25, 0.3) is 0 Å². The zero-order valence-electron chi connectivity index (χ0n) is 10.5. The zero-order valence-corrected chi connectivity index (χ0v) is 11.3. The summed E-state index contributed by atoms with van der Waals surface area (Å²) in [5, 5.41) is 0.148. The lowest BCUT2D eigenvalue weighted by Crippen LogP contribution is -2.46. The van der Waals surface area contributed by atoms with Crippen LogP contribution in [-0.2, 0) is 9.47 Å². The van der Waals surface area contributed by atoms with Crippen LogP contribution in [0.25, 0.3) is 11.2 Å². The predicted molar refractivity (Wildman–Crippen MR) is 66.7 cm³/mol. The van der Waals surface area contributed by atoms with Crippen molar-refractivity contribution in [3.05, 3.63) is 17.8 Å². The lowest BCUT2D eigenvalue weighted by atomic mass is 10.3. The smallest absolute Gasteiger partial charge is 0.224 e. The van der Waals surface area contributed by atoms with E-state index in [-0.39, 0.29) is 11.4 Å². The Kier molecular flexibility index (Phi) is 3.04. The largest absolute Gasteiger partial charge is 0.403 e. The van der Waals surface area contributed by atoms with Crippen molar-refractivity contribution in [3.8, 4) is 0 Å². The zero-order chi connectivity index (χ0) is 13.5. The van der Waals surface area contributed by atoms with Crippen LogP contribution < -0.4 is 4.84 Å². The molecule has 0 aliphatic carbocycles. The number of halogens is 1. The minimum Gasteiger partial charge on any atom is -0.403 e. The van der Waals surface area contributed by atoms with Crippen molar-refractivity contribution in [2.45, 2.75) is 25.7 Å². The number of fused-ring (bicyclic) bond motifs is 1. The van der Waals surface area contributed by atoms with Crippen molar-refractivity contribution < 1.29 is 14.3 Å². The Balaban J connectivity index is 1.77. The first kappa shape index (κ1) is 12.6. The van der Waals surface area contributed by atoms with Crippen molar-refractivity contribution in [1.29, 1.82) is 0 Å². The molecule has 3 heterocycles. The monoisotopic (exact) mass is 284 g/mol. The summed E-state index contributed by atoms with van der Waals surface area (Å²) in [6.45, 7) is 4.60.